The Morgan fingerprint density at radius 3 is 0.955 bits per heavy atom. The first kappa shape index (κ1) is 28.8. The molecule has 0 bridgehead atoms. The first-order valence-corrected chi connectivity index (χ1v) is 19.1. The average molecular weight is 619 g/mol. The number of hydrogen-bond acceptors (Lipinski definition) is 0. The van der Waals surface area contributed by atoms with Crippen molar-refractivity contribution < 1.29 is 0 Å². The largest absolute Gasteiger partial charge is 0.0714 e. The van der Waals surface area contributed by atoms with Gasteiger partial charge in [-0.1, -0.05) is 194 Å². The number of allylic oxidation sites excluding steroid dienone is 4. The maximum absolute atomic E-state index is 2.55. The second-order valence-electron chi connectivity index (χ2n) is 10.6. The Balaban J connectivity index is 1.53. The molecule has 0 heterocycles. The van der Waals surface area contributed by atoms with E-state index in [4.69, 9.17) is 0 Å². The minimum absolute atomic E-state index is 0.272. The minimum atomic E-state index is -0.807. The number of hydrogen-bond donors (Lipinski definition) is 0. The number of rotatable bonds is 9. The summed E-state index contributed by atoms with van der Waals surface area (Å²) in [5.74, 6) is 0. The zero-order valence-electron chi connectivity index (χ0n) is 24.4. The molecule has 1 unspecified atom stereocenters. The number of benzene rings is 6. The first-order chi connectivity index (χ1) is 21.9. The van der Waals surface area contributed by atoms with E-state index >= 15 is 0 Å². The molecule has 6 aromatic carbocycles. The summed E-state index contributed by atoms with van der Waals surface area (Å²) in [5.41, 5.74) is 0.272. The van der Waals surface area contributed by atoms with Crippen molar-refractivity contribution in [3.05, 3.63) is 205 Å². The van der Waals surface area contributed by atoms with E-state index in [2.05, 4.69) is 194 Å². The van der Waals surface area contributed by atoms with Gasteiger partial charge in [0.2, 0.25) is 0 Å². The third-order valence-corrected chi connectivity index (χ3v) is 16.1. The highest BCUT2D eigenvalue weighted by atomic mass is 31.1. The van der Waals surface area contributed by atoms with Crippen LogP contribution in [-0.2, 0) is 0 Å². The normalized spacial score (nSPS) is 14.6. The maximum atomic E-state index is 2.55. The highest BCUT2D eigenvalue weighted by Crippen LogP contribution is 2.63. The molecule has 1 atom stereocenters. The monoisotopic (exact) mass is 618 g/mol. The molecule has 0 saturated carbocycles. The molecule has 0 amide bonds. The third-order valence-electron chi connectivity index (χ3n) is 7.87. The van der Waals surface area contributed by atoms with E-state index in [0.29, 0.717) is 0 Å². The molecule has 3 heteroatoms. The topological polar surface area (TPSA) is 0 Å². The van der Waals surface area contributed by atoms with Gasteiger partial charge < -0.3 is 0 Å². The van der Waals surface area contributed by atoms with Crippen LogP contribution in [0.1, 0.15) is 0 Å². The van der Waals surface area contributed by atoms with E-state index < -0.39 is 23.8 Å². The van der Waals surface area contributed by atoms with Gasteiger partial charge in [-0.25, -0.2) is 0 Å². The van der Waals surface area contributed by atoms with Crippen molar-refractivity contribution >= 4 is 55.6 Å². The molecular weight excluding hydrogens is 585 g/mol. The minimum Gasteiger partial charge on any atom is -0.0714 e. The molecule has 1 aliphatic rings. The van der Waals surface area contributed by atoms with Crippen LogP contribution in [0.2, 0.25) is 0 Å². The second kappa shape index (κ2) is 13.8. The lowest BCUT2D eigenvalue weighted by atomic mass is 10.4. The van der Waals surface area contributed by atoms with E-state index in [0.717, 1.165) is 0 Å². The van der Waals surface area contributed by atoms with Crippen molar-refractivity contribution in [2.45, 2.75) is 5.66 Å². The van der Waals surface area contributed by atoms with Crippen LogP contribution in [-0.4, -0.2) is 5.66 Å². The fourth-order valence-electron chi connectivity index (χ4n) is 5.96. The maximum Gasteiger partial charge on any atom is 0.0322 e. The first-order valence-electron chi connectivity index (χ1n) is 15.0. The average Bonchev–Trinajstić information content (AvgIpc) is 3.51. The van der Waals surface area contributed by atoms with Gasteiger partial charge >= 0.3 is 0 Å². The molecule has 1 aliphatic carbocycles. The van der Waals surface area contributed by atoms with Crippen LogP contribution in [0.25, 0.3) is 0 Å². The van der Waals surface area contributed by atoms with Crippen LogP contribution in [0.3, 0.4) is 0 Å². The SMILES string of the molecule is C1=CC(P(c2ccccc2)c2ccccc2)C(P(c2ccccc2)c2ccccc2)=C1P(c1ccccc1)c1ccccc1. The van der Waals surface area contributed by atoms with Crippen molar-refractivity contribution in [2.75, 3.05) is 0 Å². The van der Waals surface area contributed by atoms with Crippen LogP contribution in [0.4, 0.5) is 0 Å². The summed E-state index contributed by atoms with van der Waals surface area (Å²) in [4.78, 5) is 0. The van der Waals surface area contributed by atoms with Gasteiger partial charge in [0.25, 0.3) is 0 Å². The van der Waals surface area contributed by atoms with Crippen LogP contribution < -0.4 is 31.8 Å². The second-order valence-corrected chi connectivity index (χ2v) is 17.3. The summed E-state index contributed by atoms with van der Waals surface area (Å²) >= 11 is 0. The molecule has 0 spiro atoms. The van der Waals surface area contributed by atoms with Gasteiger partial charge in [-0.2, -0.15) is 0 Å². The fraction of sp³-hybridized carbons (Fsp3) is 0.0244. The van der Waals surface area contributed by atoms with Gasteiger partial charge in [0, 0.05) is 5.66 Å². The predicted octanol–water partition coefficient (Wildman–Crippen LogP) is 8.54. The molecular formula is C41H33P3. The van der Waals surface area contributed by atoms with Gasteiger partial charge in [-0.3, -0.25) is 0 Å². The van der Waals surface area contributed by atoms with Crippen molar-refractivity contribution in [2.24, 2.45) is 0 Å². The fourth-order valence-corrected chi connectivity index (χ4v) is 14.8. The smallest absolute Gasteiger partial charge is 0.0322 e. The van der Waals surface area contributed by atoms with Crippen molar-refractivity contribution in [1.82, 2.24) is 0 Å². The Morgan fingerprint density at radius 2 is 0.614 bits per heavy atom. The summed E-state index contributed by atoms with van der Waals surface area (Å²) in [7, 11) is -2.29. The van der Waals surface area contributed by atoms with E-state index in [1.807, 2.05) is 0 Å². The van der Waals surface area contributed by atoms with Gasteiger partial charge in [0.05, 0.1) is 0 Å². The van der Waals surface area contributed by atoms with Crippen molar-refractivity contribution in [3.63, 3.8) is 0 Å². The van der Waals surface area contributed by atoms with E-state index in [1.54, 1.807) is 5.31 Å². The summed E-state index contributed by atoms with van der Waals surface area (Å²) in [6, 6.07) is 67.3. The van der Waals surface area contributed by atoms with E-state index in [-0.39, 0.29) is 5.66 Å². The van der Waals surface area contributed by atoms with Crippen LogP contribution in [0.5, 0.6) is 0 Å². The van der Waals surface area contributed by atoms with Crippen molar-refractivity contribution in [1.29, 1.82) is 0 Å². The van der Waals surface area contributed by atoms with Gasteiger partial charge in [0.15, 0.2) is 0 Å². The standard InChI is InChI=1S/C41H33P3/c1-7-19-33(20-8-1)42(34-21-9-2-10-22-34)39-31-32-40(43(35-23-11-3-12-24-35)36-25-13-4-14-26-36)41(39)44(37-27-15-5-16-28-37)38-29-17-6-18-30-38/h1-32,39H. The van der Waals surface area contributed by atoms with Gasteiger partial charge in [-0.05, 0) is 66.2 Å². The zero-order valence-corrected chi connectivity index (χ0v) is 27.1. The Kier molecular flexibility index (Phi) is 9.05. The van der Waals surface area contributed by atoms with Crippen LogP contribution >= 0.6 is 23.8 Å². The Morgan fingerprint density at radius 1 is 0.318 bits per heavy atom. The molecule has 6 aromatic rings. The van der Waals surface area contributed by atoms with Crippen molar-refractivity contribution in [3.8, 4) is 0 Å². The van der Waals surface area contributed by atoms with E-state index in [1.165, 1.54) is 37.1 Å². The quantitative estimate of drug-likeness (QED) is 0.143. The molecule has 212 valence electrons. The lowest BCUT2D eigenvalue weighted by Crippen LogP contribution is -2.25. The highest BCUT2D eigenvalue weighted by molar-refractivity contribution is 7.82. The summed E-state index contributed by atoms with van der Waals surface area (Å²) in [5, 5.41) is 11.5. The highest BCUT2D eigenvalue weighted by Gasteiger charge is 2.38. The molecule has 7 rings (SSSR count). The molecule has 0 nitrogen and oxygen atoms in total. The third kappa shape index (κ3) is 6.05. The molecule has 44 heavy (non-hydrogen) atoms. The molecule has 0 aliphatic heterocycles. The Bertz CT molecular complexity index is 1720. The summed E-state index contributed by atoms with van der Waals surface area (Å²) in [6.07, 6.45) is 5.06. The zero-order chi connectivity index (χ0) is 29.6. The lowest BCUT2D eigenvalue weighted by Gasteiger charge is -2.34. The molecule has 0 aromatic heterocycles. The molecule has 0 N–H and O–H groups in total. The molecule has 0 radical (unpaired) electrons. The van der Waals surface area contributed by atoms with E-state index in [9.17, 15) is 0 Å². The summed E-state index contributed by atoms with van der Waals surface area (Å²) < 4.78 is 0. The molecule has 0 saturated heterocycles. The van der Waals surface area contributed by atoms with Crippen LogP contribution in [0.15, 0.2) is 205 Å². The lowest BCUT2D eigenvalue weighted by molar-refractivity contribution is 1.40. The predicted molar refractivity (Wildman–Crippen MR) is 197 cm³/mol. The Labute approximate surface area is 265 Å². The summed E-state index contributed by atoms with van der Waals surface area (Å²) in [6.45, 7) is 0. The van der Waals surface area contributed by atoms with Gasteiger partial charge in [-0.15, -0.1) is 0 Å². The van der Waals surface area contributed by atoms with Gasteiger partial charge in [0.1, 0.15) is 0 Å². The van der Waals surface area contributed by atoms with Crippen LogP contribution in [0, 0.1) is 0 Å². The molecule has 0 fully saturated rings. The Hall–Kier alpha value is -3.91.